The Bertz CT molecular complexity index is 2270. The number of ether oxygens (including phenoxy) is 2. The molecule has 2 aliphatic carbocycles. The lowest BCUT2D eigenvalue weighted by molar-refractivity contribution is -0.203. The fraction of sp³-hybridized carbons (Fsp3) is 0.741. The molecule has 19 heteroatoms. The van der Waals surface area contributed by atoms with Crippen LogP contribution in [0.5, 0.6) is 0 Å². The van der Waals surface area contributed by atoms with E-state index in [0.717, 1.165) is 18.4 Å². The van der Waals surface area contributed by atoms with E-state index in [4.69, 9.17) is 19.1 Å². The van der Waals surface area contributed by atoms with E-state index >= 15 is 0 Å². The largest absolute Gasteiger partial charge is 0.379 e. The zero-order valence-electron chi connectivity index (χ0n) is 47.7. The van der Waals surface area contributed by atoms with E-state index in [9.17, 15) is 43.2 Å². The SMILES string of the molecule is CC[C@H](C)[C@@H]([C@@H](CC(=O)N1CCC[C@H]1[C@H](OC)[C@@H](C)C(=O)C[C@@]1(C(=O)N2CCCCO2)C[C@@H]1c1ccccc1)OC)N(C)C(=O)[C@@H](CC(=O)[C@H](C(C)C)N(C)CCCNC(=O)C1(C(=O)ON2C(=O)CCC2=O)CC1)C(C)C. The zero-order valence-corrected chi connectivity index (χ0v) is 47.7. The van der Waals surface area contributed by atoms with Crippen molar-refractivity contribution >= 4 is 53.0 Å². The Labute approximate surface area is 456 Å². The lowest BCUT2D eigenvalue weighted by Gasteiger charge is -2.41. The molecule has 6 amide bonds. The van der Waals surface area contributed by atoms with Gasteiger partial charge in [0, 0.05) is 85.0 Å². The topological polar surface area (TPSA) is 219 Å². The quantitative estimate of drug-likeness (QED) is 0.0581. The third-order valence-corrected chi connectivity index (χ3v) is 17.5. The standard InChI is InChI=1S/C58H88N6O13/c1-12-38(6)51(61(9)53(70)41(36(2)3)32-44(65)50(37(4)5)60(8)28-19-27-59-54(71)57(25-26-57)56(73)77-64-47(67)23-24-48(64)68)46(74-10)33-49(69)62-29-18-22-43(62)52(75-11)39(7)45(66)35-58(55(72)63-30-16-17-31-76-63)34-42(58)40-20-14-13-15-21-40/h13-15,20-21,36-39,41-43,46,50-52H,12,16-19,22-35H2,1-11H3,(H,59,71)/t38-,39-,41-,42+,43-,46+,50-,51-,52+,58-/m0/s1. The molecule has 5 aliphatic rings. The fourth-order valence-corrected chi connectivity index (χ4v) is 12.4. The number of likely N-dealkylation sites (tertiary alicyclic amines) is 1. The van der Waals surface area contributed by atoms with Crippen LogP contribution >= 0.6 is 0 Å². The average Bonchev–Trinajstić information content (AvgIpc) is 4.30. The van der Waals surface area contributed by atoms with Crippen LogP contribution in [0.15, 0.2) is 30.3 Å². The number of hydrogen-bond donors (Lipinski definition) is 1. The smallest absolute Gasteiger partial charge is 0.348 e. The first kappa shape index (κ1) is 61.1. The third kappa shape index (κ3) is 13.8. The summed E-state index contributed by atoms with van der Waals surface area (Å²) in [5.41, 5.74) is -1.35. The van der Waals surface area contributed by atoms with Crippen LogP contribution in [0, 0.1) is 40.4 Å². The minimum Gasteiger partial charge on any atom is -0.379 e. The summed E-state index contributed by atoms with van der Waals surface area (Å²) in [4.78, 5) is 139. The van der Waals surface area contributed by atoms with Gasteiger partial charge in [0.25, 0.3) is 17.7 Å². The normalized spacial score (nSPS) is 23.8. The maximum atomic E-state index is 14.8. The molecule has 10 atom stereocenters. The van der Waals surface area contributed by atoms with E-state index in [-0.39, 0.29) is 104 Å². The molecule has 1 aromatic carbocycles. The number of ketones is 2. The van der Waals surface area contributed by atoms with Crippen molar-refractivity contribution in [1.29, 1.82) is 0 Å². The number of nitrogens with one attached hydrogen (secondary N) is 1. The number of benzene rings is 1. The van der Waals surface area contributed by atoms with Crippen molar-refractivity contribution in [3.8, 4) is 0 Å². The van der Waals surface area contributed by atoms with E-state index in [1.54, 1.807) is 26.2 Å². The van der Waals surface area contributed by atoms with Gasteiger partial charge in [-0.05, 0) is 87.6 Å². The molecule has 19 nitrogen and oxygen atoms in total. The molecular formula is C58H88N6O13. The highest BCUT2D eigenvalue weighted by Gasteiger charge is 2.63. The fourth-order valence-electron chi connectivity index (χ4n) is 12.4. The number of hydroxylamine groups is 4. The monoisotopic (exact) mass is 1080 g/mol. The van der Waals surface area contributed by atoms with Crippen LogP contribution in [-0.2, 0) is 62.3 Å². The summed E-state index contributed by atoms with van der Waals surface area (Å²) in [5, 5.41) is 4.71. The minimum atomic E-state index is -1.45. The number of carbonyl (C=O) groups excluding carboxylic acids is 9. The average molecular weight is 1080 g/mol. The molecule has 3 saturated heterocycles. The summed E-state index contributed by atoms with van der Waals surface area (Å²) in [7, 11) is 6.69. The molecule has 2 saturated carbocycles. The molecule has 5 fully saturated rings. The lowest BCUT2D eigenvalue weighted by Crippen LogP contribution is -2.54. The van der Waals surface area contributed by atoms with E-state index in [1.165, 1.54) is 5.06 Å². The first-order valence-electron chi connectivity index (χ1n) is 28.3. The van der Waals surface area contributed by atoms with E-state index in [1.807, 2.05) is 95.6 Å². The molecule has 0 aromatic heterocycles. The van der Waals surface area contributed by atoms with Gasteiger partial charge in [0.1, 0.15) is 11.2 Å². The number of imide groups is 1. The predicted molar refractivity (Wildman–Crippen MR) is 285 cm³/mol. The summed E-state index contributed by atoms with van der Waals surface area (Å²) in [6.45, 7) is 15.7. The maximum Gasteiger partial charge on any atom is 0.348 e. The first-order valence-corrected chi connectivity index (χ1v) is 28.3. The van der Waals surface area contributed by atoms with Crippen molar-refractivity contribution in [1.82, 2.24) is 30.1 Å². The Morgan fingerprint density at radius 3 is 2.09 bits per heavy atom. The van der Waals surface area contributed by atoms with Crippen molar-refractivity contribution in [2.75, 3.05) is 61.1 Å². The van der Waals surface area contributed by atoms with Crippen LogP contribution in [0.3, 0.4) is 0 Å². The van der Waals surface area contributed by atoms with Crippen LogP contribution in [0.2, 0.25) is 0 Å². The number of Topliss-reactive ketones (excluding diaryl/α,β-unsaturated/α-hetero) is 2. The van der Waals surface area contributed by atoms with Gasteiger partial charge in [0.2, 0.25) is 17.7 Å². The van der Waals surface area contributed by atoms with E-state index < -0.39 is 76.7 Å². The zero-order chi connectivity index (χ0) is 56.5. The number of carbonyl (C=O) groups is 9. The highest BCUT2D eigenvalue weighted by molar-refractivity contribution is 6.07. The molecule has 3 heterocycles. The number of likely N-dealkylation sites (N-methyl/N-ethyl adjacent to an activating group) is 2. The number of rotatable bonds is 29. The second kappa shape index (κ2) is 26.7. The predicted octanol–water partition coefficient (Wildman–Crippen LogP) is 5.68. The van der Waals surface area contributed by atoms with Gasteiger partial charge in [-0.3, -0.25) is 48.1 Å². The van der Waals surface area contributed by atoms with Crippen molar-refractivity contribution in [2.24, 2.45) is 40.4 Å². The van der Waals surface area contributed by atoms with Crippen LogP contribution in [0.1, 0.15) is 150 Å². The molecule has 428 valence electrons. The highest BCUT2D eigenvalue weighted by atomic mass is 16.7. The molecule has 0 radical (unpaired) electrons. The molecule has 0 unspecified atom stereocenters. The van der Waals surface area contributed by atoms with Gasteiger partial charge in [-0.25, -0.2) is 9.86 Å². The van der Waals surface area contributed by atoms with E-state index in [2.05, 4.69) is 5.32 Å². The van der Waals surface area contributed by atoms with Crippen LogP contribution in [0.4, 0.5) is 0 Å². The van der Waals surface area contributed by atoms with Gasteiger partial charge < -0.3 is 29.4 Å². The van der Waals surface area contributed by atoms with Crippen molar-refractivity contribution in [3.05, 3.63) is 35.9 Å². The van der Waals surface area contributed by atoms with E-state index in [0.29, 0.717) is 63.4 Å². The molecule has 0 bridgehead atoms. The second-order valence-corrected chi connectivity index (χ2v) is 23.3. The number of amides is 6. The Balaban J connectivity index is 1.07. The number of nitrogens with zero attached hydrogens (tertiary/aromatic N) is 5. The van der Waals surface area contributed by atoms with Gasteiger partial charge in [-0.1, -0.05) is 85.2 Å². The Morgan fingerprint density at radius 2 is 1.52 bits per heavy atom. The summed E-state index contributed by atoms with van der Waals surface area (Å²) in [5.74, 6) is -5.25. The molecule has 1 aromatic rings. The van der Waals surface area contributed by atoms with Crippen molar-refractivity contribution in [3.63, 3.8) is 0 Å². The van der Waals surface area contributed by atoms with Crippen LogP contribution < -0.4 is 5.32 Å². The van der Waals surface area contributed by atoms with Gasteiger partial charge in [0.15, 0.2) is 5.78 Å². The third-order valence-electron chi connectivity index (χ3n) is 17.5. The van der Waals surface area contributed by atoms with Gasteiger partial charge in [-0.15, -0.1) is 5.06 Å². The Hall–Kier alpha value is -5.11. The first-order chi connectivity index (χ1) is 36.6. The van der Waals surface area contributed by atoms with Crippen LogP contribution in [0.25, 0.3) is 0 Å². The Kier molecular flexibility index (Phi) is 21.2. The Morgan fingerprint density at radius 1 is 0.844 bits per heavy atom. The van der Waals surface area contributed by atoms with Gasteiger partial charge >= 0.3 is 5.97 Å². The second-order valence-electron chi connectivity index (χ2n) is 23.3. The van der Waals surface area contributed by atoms with Crippen molar-refractivity contribution in [2.45, 2.75) is 175 Å². The van der Waals surface area contributed by atoms with Gasteiger partial charge in [0.05, 0.1) is 48.8 Å². The van der Waals surface area contributed by atoms with Crippen molar-refractivity contribution < 1.29 is 62.3 Å². The summed E-state index contributed by atoms with van der Waals surface area (Å²) in [6, 6.07) is 8.38. The lowest BCUT2D eigenvalue weighted by atomic mass is 9.83. The van der Waals surface area contributed by atoms with Gasteiger partial charge in [-0.2, -0.15) is 0 Å². The summed E-state index contributed by atoms with van der Waals surface area (Å²) < 4.78 is 12.3. The number of hydrogen-bond acceptors (Lipinski definition) is 14. The molecule has 1 N–H and O–H groups in total. The number of methoxy groups -OCH3 is 2. The minimum absolute atomic E-state index is 0.0137. The summed E-state index contributed by atoms with van der Waals surface area (Å²) >= 11 is 0. The molecule has 6 rings (SSSR count). The summed E-state index contributed by atoms with van der Waals surface area (Å²) in [6.07, 6.45) is 3.79. The van der Waals surface area contributed by atoms with Crippen LogP contribution in [-0.4, -0.2) is 169 Å². The molecule has 3 aliphatic heterocycles. The molecular weight excluding hydrogens is 989 g/mol. The molecule has 0 spiro atoms. The molecule has 77 heavy (non-hydrogen) atoms. The maximum absolute atomic E-state index is 14.8. The highest BCUT2D eigenvalue weighted by Crippen LogP contribution is 2.63.